The average Bonchev–Trinajstić information content (AvgIpc) is 2.32. The van der Waals surface area contributed by atoms with Crippen molar-refractivity contribution in [1.82, 2.24) is 9.80 Å². The van der Waals surface area contributed by atoms with Gasteiger partial charge in [-0.2, -0.15) is 0 Å². The second-order valence-electron chi connectivity index (χ2n) is 5.49. The molecule has 3 N–H and O–H groups in total. The van der Waals surface area contributed by atoms with E-state index in [2.05, 4.69) is 0 Å². The SMILES string of the molecule is CCc1cc(C(C(=O)O)(N(C)C)N(C)C)cc(C)c1N. The molecule has 112 valence electrons. The standard InChI is InChI=1S/C15H25N3O2/c1-7-11-9-12(8-10(2)13(11)16)15(14(19)20,17(3)4)18(5)6/h8-9H,7,16H2,1-6H3,(H,19,20). The fourth-order valence-electron chi connectivity index (χ4n) is 2.79. The van der Waals surface area contributed by atoms with Crippen LogP contribution in [0.5, 0.6) is 0 Å². The summed E-state index contributed by atoms with van der Waals surface area (Å²) < 4.78 is 0. The van der Waals surface area contributed by atoms with Gasteiger partial charge in [0.1, 0.15) is 0 Å². The van der Waals surface area contributed by atoms with Crippen LogP contribution in [0.15, 0.2) is 12.1 Å². The highest BCUT2D eigenvalue weighted by Gasteiger charge is 2.45. The molecule has 0 bridgehead atoms. The molecule has 0 aromatic heterocycles. The molecule has 0 atom stereocenters. The number of rotatable bonds is 5. The number of hydrogen-bond acceptors (Lipinski definition) is 4. The second kappa shape index (κ2) is 5.81. The van der Waals surface area contributed by atoms with Crippen LogP contribution in [0.25, 0.3) is 0 Å². The maximum atomic E-state index is 12.0. The van der Waals surface area contributed by atoms with Crippen LogP contribution in [0.1, 0.15) is 23.6 Å². The molecule has 0 unspecified atom stereocenters. The third-order valence-corrected chi connectivity index (χ3v) is 3.85. The van der Waals surface area contributed by atoms with Crippen molar-refractivity contribution in [3.05, 3.63) is 28.8 Å². The van der Waals surface area contributed by atoms with E-state index in [0.717, 1.165) is 28.8 Å². The van der Waals surface area contributed by atoms with E-state index in [-0.39, 0.29) is 0 Å². The molecule has 0 spiro atoms. The molecule has 1 aromatic rings. The molecule has 0 fully saturated rings. The van der Waals surface area contributed by atoms with E-state index < -0.39 is 11.6 Å². The fraction of sp³-hybridized carbons (Fsp3) is 0.533. The van der Waals surface area contributed by atoms with Gasteiger partial charge in [0.25, 0.3) is 0 Å². The van der Waals surface area contributed by atoms with Crippen molar-refractivity contribution in [3.8, 4) is 0 Å². The molecule has 1 rings (SSSR count). The number of carboxylic acid groups (broad SMARTS) is 1. The Morgan fingerprint density at radius 1 is 1.25 bits per heavy atom. The zero-order valence-electron chi connectivity index (χ0n) is 13.2. The fourth-order valence-corrected chi connectivity index (χ4v) is 2.79. The van der Waals surface area contributed by atoms with Crippen LogP contribution in [-0.2, 0) is 16.9 Å². The summed E-state index contributed by atoms with van der Waals surface area (Å²) in [5, 5.41) is 9.83. The number of nitrogens with two attached hydrogens (primary N) is 1. The maximum absolute atomic E-state index is 12.0. The normalized spacial score (nSPS) is 12.2. The average molecular weight is 279 g/mol. The minimum atomic E-state index is -1.21. The van der Waals surface area contributed by atoms with Crippen molar-refractivity contribution in [2.24, 2.45) is 0 Å². The van der Waals surface area contributed by atoms with Crippen LogP contribution in [0.2, 0.25) is 0 Å². The summed E-state index contributed by atoms with van der Waals surface area (Å²) in [6.45, 7) is 3.93. The van der Waals surface area contributed by atoms with Gasteiger partial charge in [-0.05, 0) is 64.3 Å². The van der Waals surface area contributed by atoms with Crippen molar-refractivity contribution < 1.29 is 9.90 Å². The van der Waals surface area contributed by atoms with E-state index in [0.29, 0.717) is 0 Å². The first-order valence-electron chi connectivity index (χ1n) is 6.67. The number of nitrogens with zero attached hydrogens (tertiary/aromatic N) is 2. The highest BCUT2D eigenvalue weighted by Crippen LogP contribution is 2.33. The summed E-state index contributed by atoms with van der Waals surface area (Å²) >= 11 is 0. The van der Waals surface area contributed by atoms with Crippen LogP contribution in [0, 0.1) is 6.92 Å². The lowest BCUT2D eigenvalue weighted by Gasteiger charge is -2.42. The quantitative estimate of drug-likeness (QED) is 0.631. The lowest BCUT2D eigenvalue weighted by molar-refractivity contribution is -0.163. The number of carboxylic acids is 1. The van der Waals surface area contributed by atoms with Crippen LogP contribution in [0.3, 0.4) is 0 Å². The molecular formula is C15H25N3O2. The number of aliphatic carboxylic acids is 1. The highest BCUT2D eigenvalue weighted by atomic mass is 16.4. The maximum Gasteiger partial charge on any atom is 0.344 e. The van der Waals surface area contributed by atoms with Crippen molar-refractivity contribution >= 4 is 11.7 Å². The van der Waals surface area contributed by atoms with Gasteiger partial charge >= 0.3 is 5.97 Å². The molecule has 0 radical (unpaired) electrons. The van der Waals surface area contributed by atoms with Crippen LogP contribution in [0.4, 0.5) is 5.69 Å². The van der Waals surface area contributed by atoms with Crippen molar-refractivity contribution in [2.45, 2.75) is 25.9 Å². The predicted octanol–water partition coefficient (Wildman–Crippen LogP) is 1.50. The number of carbonyl (C=O) groups is 1. The summed E-state index contributed by atoms with van der Waals surface area (Å²) in [4.78, 5) is 15.4. The number of aryl methyl sites for hydroxylation is 2. The Bertz CT molecular complexity index is 502. The first kappa shape index (κ1) is 16.5. The first-order chi connectivity index (χ1) is 9.19. The van der Waals surface area contributed by atoms with Gasteiger partial charge in [0.2, 0.25) is 0 Å². The summed E-state index contributed by atoms with van der Waals surface area (Å²) in [6, 6.07) is 3.76. The number of likely N-dealkylation sites (N-methyl/N-ethyl adjacent to an activating group) is 2. The molecule has 0 heterocycles. The Hall–Kier alpha value is -1.59. The Kier molecular flexibility index (Phi) is 4.78. The Morgan fingerprint density at radius 2 is 1.75 bits per heavy atom. The van der Waals surface area contributed by atoms with Gasteiger partial charge < -0.3 is 10.8 Å². The zero-order valence-corrected chi connectivity index (χ0v) is 13.2. The van der Waals surface area contributed by atoms with Crippen molar-refractivity contribution in [3.63, 3.8) is 0 Å². The lowest BCUT2D eigenvalue weighted by Crippen LogP contribution is -2.58. The third kappa shape index (κ3) is 2.39. The predicted molar refractivity (Wildman–Crippen MR) is 81.7 cm³/mol. The van der Waals surface area contributed by atoms with E-state index in [1.54, 1.807) is 38.0 Å². The van der Waals surface area contributed by atoms with Gasteiger partial charge in [0.15, 0.2) is 5.66 Å². The van der Waals surface area contributed by atoms with E-state index >= 15 is 0 Å². The molecule has 0 aliphatic rings. The van der Waals surface area contributed by atoms with Gasteiger partial charge in [-0.25, -0.2) is 4.79 Å². The highest BCUT2D eigenvalue weighted by molar-refractivity contribution is 5.81. The van der Waals surface area contributed by atoms with Gasteiger partial charge in [0.05, 0.1) is 0 Å². The smallest absolute Gasteiger partial charge is 0.344 e. The summed E-state index contributed by atoms with van der Waals surface area (Å²) in [7, 11) is 7.08. The van der Waals surface area contributed by atoms with Crippen molar-refractivity contribution in [1.29, 1.82) is 0 Å². The minimum absolute atomic E-state index is 0.726. The number of anilines is 1. The van der Waals surface area contributed by atoms with Crippen molar-refractivity contribution in [2.75, 3.05) is 33.9 Å². The van der Waals surface area contributed by atoms with Crippen LogP contribution >= 0.6 is 0 Å². The molecule has 5 heteroatoms. The molecule has 0 amide bonds. The number of hydrogen-bond donors (Lipinski definition) is 2. The van der Waals surface area contributed by atoms with E-state index in [1.807, 2.05) is 26.0 Å². The van der Waals surface area contributed by atoms with E-state index in [9.17, 15) is 9.90 Å². The van der Waals surface area contributed by atoms with Gasteiger partial charge in [-0.1, -0.05) is 13.0 Å². The number of benzene rings is 1. The largest absolute Gasteiger partial charge is 0.479 e. The lowest BCUT2D eigenvalue weighted by atomic mass is 9.91. The van der Waals surface area contributed by atoms with Crippen LogP contribution in [-0.4, -0.2) is 49.1 Å². The molecule has 5 nitrogen and oxygen atoms in total. The van der Waals surface area contributed by atoms with Gasteiger partial charge in [-0.3, -0.25) is 9.80 Å². The molecule has 0 aliphatic heterocycles. The second-order valence-corrected chi connectivity index (χ2v) is 5.49. The van der Waals surface area contributed by atoms with Gasteiger partial charge in [-0.15, -0.1) is 0 Å². The summed E-state index contributed by atoms with van der Waals surface area (Å²) in [5.74, 6) is -0.904. The third-order valence-electron chi connectivity index (χ3n) is 3.85. The molecule has 0 saturated heterocycles. The van der Waals surface area contributed by atoms with E-state index in [1.165, 1.54) is 0 Å². The molecule has 0 aliphatic carbocycles. The Morgan fingerprint density at radius 3 is 2.10 bits per heavy atom. The first-order valence-corrected chi connectivity index (χ1v) is 6.67. The minimum Gasteiger partial charge on any atom is -0.479 e. The summed E-state index contributed by atoms with van der Waals surface area (Å²) in [5.41, 5.74) is 8.21. The topological polar surface area (TPSA) is 69.8 Å². The van der Waals surface area contributed by atoms with Crippen LogP contribution < -0.4 is 5.73 Å². The molecule has 0 saturated carbocycles. The molecule has 1 aromatic carbocycles. The monoisotopic (exact) mass is 279 g/mol. The molecule has 20 heavy (non-hydrogen) atoms. The Labute approximate surface area is 121 Å². The van der Waals surface area contributed by atoms with E-state index in [4.69, 9.17) is 5.73 Å². The Balaban J connectivity index is 3.66. The number of nitrogen functional groups attached to an aromatic ring is 1. The summed E-state index contributed by atoms with van der Waals surface area (Å²) in [6.07, 6.45) is 0.775. The van der Waals surface area contributed by atoms with Gasteiger partial charge in [0, 0.05) is 5.69 Å². The molecular weight excluding hydrogens is 254 g/mol. The zero-order chi connectivity index (χ0) is 15.7.